The van der Waals surface area contributed by atoms with Crippen LogP contribution in [0.3, 0.4) is 0 Å². The lowest BCUT2D eigenvalue weighted by molar-refractivity contribution is -0.167. The summed E-state index contributed by atoms with van der Waals surface area (Å²) in [6, 6.07) is 10.4. The first kappa shape index (κ1) is 19.4. The monoisotopic (exact) mass is 331 g/mol. The molecule has 0 bridgehead atoms. The van der Waals surface area contributed by atoms with Crippen LogP contribution in [0, 0.1) is 0 Å². The summed E-state index contributed by atoms with van der Waals surface area (Å²) in [6.45, 7) is 11.6. The number of hydrogen-bond donors (Lipinski definition) is 0. The second-order valence-corrected chi connectivity index (χ2v) is 12.5. The normalized spacial score (nSPS) is 11.6. The van der Waals surface area contributed by atoms with Crippen LogP contribution < -0.4 is 0 Å². The van der Waals surface area contributed by atoms with Gasteiger partial charge in [-0.15, -0.1) is 5.73 Å². The van der Waals surface area contributed by atoms with E-state index >= 15 is 0 Å². The topological polar surface area (TPSA) is 29.5 Å². The molecular formula is C19H29NO2Si. The largest absolute Gasteiger partial charge is 0.275 e. The zero-order chi connectivity index (χ0) is 17.7. The van der Waals surface area contributed by atoms with Crippen LogP contribution in [0.4, 0.5) is 0 Å². The minimum absolute atomic E-state index is 0.0809. The molecule has 1 aromatic rings. The van der Waals surface area contributed by atoms with Gasteiger partial charge in [0.2, 0.25) is 5.91 Å². The number of rotatable bonds is 5. The number of carbonyl (C=O) groups is 1. The maximum absolute atomic E-state index is 11.9. The molecule has 0 atom stereocenters. The highest BCUT2D eigenvalue weighted by Crippen LogP contribution is 2.43. The predicted molar refractivity (Wildman–Crippen MR) is 99.5 cm³/mol. The van der Waals surface area contributed by atoms with Gasteiger partial charge in [-0.1, -0.05) is 64.2 Å². The van der Waals surface area contributed by atoms with Gasteiger partial charge in [0.1, 0.15) is 0 Å². The second-order valence-electron chi connectivity index (χ2n) is 7.24. The Labute approximate surface area is 141 Å². The number of benzene rings is 1. The van der Waals surface area contributed by atoms with Crippen molar-refractivity contribution in [3.8, 4) is 0 Å². The van der Waals surface area contributed by atoms with Crippen LogP contribution in [0.25, 0.3) is 5.20 Å². The van der Waals surface area contributed by atoms with E-state index in [-0.39, 0.29) is 17.4 Å². The van der Waals surface area contributed by atoms with E-state index in [0.29, 0.717) is 0 Å². The van der Waals surface area contributed by atoms with Gasteiger partial charge in [0.05, 0.1) is 21.6 Å². The van der Waals surface area contributed by atoms with Crippen molar-refractivity contribution >= 4 is 19.2 Å². The standard InChI is InChI=1S/C19H29NO2Si/c1-19(2,3)23(6,7)17(16-12-9-8-10-13-16)14-11-15-18(21)20(4)22-5/h8-13H,15H2,1-7H3. The molecule has 0 fully saturated rings. The van der Waals surface area contributed by atoms with Crippen molar-refractivity contribution < 1.29 is 9.63 Å². The Bertz CT molecular complexity index is 594. The Morgan fingerprint density at radius 1 is 1.26 bits per heavy atom. The van der Waals surface area contributed by atoms with Crippen molar-refractivity contribution in [2.24, 2.45) is 0 Å². The summed E-state index contributed by atoms with van der Waals surface area (Å²) < 4.78 is 0. The zero-order valence-corrected chi connectivity index (χ0v) is 16.4. The summed E-state index contributed by atoms with van der Waals surface area (Å²) in [6.07, 6.45) is 2.12. The quantitative estimate of drug-likeness (QED) is 0.445. The maximum Gasteiger partial charge on any atom is 0.250 e. The van der Waals surface area contributed by atoms with Gasteiger partial charge in [-0.05, 0) is 21.9 Å². The predicted octanol–water partition coefficient (Wildman–Crippen LogP) is 4.68. The third kappa shape index (κ3) is 4.93. The fraction of sp³-hybridized carbons (Fsp3) is 0.474. The summed E-state index contributed by atoms with van der Waals surface area (Å²) in [7, 11) is 1.34. The number of carbonyl (C=O) groups excluding carboxylic acids is 1. The summed E-state index contributed by atoms with van der Waals surface area (Å²) >= 11 is 0. The molecule has 4 heteroatoms. The average Bonchev–Trinajstić information content (AvgIpc) is 2.49. The van der Waals surface area contributed by atoms with Crippen molar-refractivity contribution in [2.75, 3.05) is 14.2 Å². The third-order valence-corrected chi connectivity index (χ3v) is 10.1. The lowest BCUT2D eigenvalue weighted by atomic mass is 10.2. The smallest absolute Gasteiger partial charge is 0.250 e. The molecule has 0 radical (unpaired) electrons. The molecule has 0 N–H and O–H groups in total. The van der Waals surface area contributed by atoms with E-state index < -0.39 is 8.07 Å². The van der Waals surface area contributed by atoms with Gasteiger partial charge in [-0.2, -0.15) is 0 Å². The van der Waals surface area contributed by atoms with Crippen molar-refractivity contribution in [1.29, 1.82) is 0 Å². The Morgan fingerprint density at radius 2 is 1.83 bits per heavy atom. The van der Waals surface area contributed by atoms with Gasteiger partial charge >= 0.3 is 0 Å². The van der Waals surface area contributed by atoms with Crippen LogP contribution in [0.2, 0.25) is 18.1 Å². The molecule has 0 spiro atoms. The van der Waals surface area contributed by atoms with Gasteiger partial charge in [-0.3, -0.25) is 9.63 Å². The Hall–Kier alpha value is -1.61. The molecule has 1 amide bonds. The molecule has 0 aliphatic heterocycles. The molecule has 0 unspecified atom stereocenters. The number of amides is 1. The second kappa shape index (κ2) is 7.78. The molecule has 1 rings (SSSR count). The molecule has 0 aromatic heterocycles. The number of hydroxylamine groups is 2. The first-order valence-electron chi connectivity index (χ1n) is 7.93. The minimum atomic E-state index is -1.76. The van der Waals surface area contributed by atoms with Crippen LogP contribution in [-0.4, -0.2) is 33.2 Å². The Morgan fingerprint density at radius 3 is 2.30 bits per heavy atom. The van der Waals surface area contributed by atoms with Crippen molar-refractivity contribution in [1.82, 2.24) is 5.06 Å². The fourth-order valence-electron chi connectivity index (χ4n) is 2.08. The van der Waals surface area contributed by atoms with E-state index in [1.54, 1.807) is 7.05 Å². The van der Waals surface area contributed by atoms with E-state index in [2.05, 4.69) is 51.7 Å². The Balaban J connectivity index is 3.26. The molecule has 3 nitrogen and oxygen atoms in total. The van der Waals surface area contributed by atoms with Crippen LogP contribution in [-0.2, 0) is 9.63 Å². The molecule has 23 heavy (non-hydrogen) atoms. The van der Waals surface area contributed by atoms with Crippen molar-refractivity contribution in [2.45, 2.75) is 45.3 Å². The number of hydrogen-bond acceptors (Lipinski definition) is 2. The van der Waals surface area contributed by atoms with Gasteiger partial charge in [0.25, 0.3) is 0 Å². The highest BCUT2D eigenvalue weighted by Gasteiger charge is 2.39. The van der Waals surface area contributed by atoms with E-state index in [1.165, 1.54) is 22.9 Å². The minimum Gasteiger partial charge on any atom is -0.275 e. The summed E-state index contributed by atoms with van der Waals surface area (Å²) in [4.78, 5) is 16.8. The van der Waals surface area contributed by atoms with Crippen LogP contribution in [0.1, 0.15) is 32.8 Å². The summed E-state index contributed by atoms with van der Waals surface area (Å²) in [5, 5.41) is 2.69. The SMILES string of the molecule is CON(C)C(=O)CC=C=C(c1ccccc1)[Si](C)(C)C(C)(C)C. The van der Waals surface area contributed by atoms with Crippen LogP contribution in [0.15, 0.2) is 42.1 Å². The van der Waals surface area contributed by atoms with Gasteiger partial charge in [0.15, 0.2) is 0 Å². The lowest BCUT2D eigenvalue weighted by Gasteiger charge is -2.38. The highest BCUT2D eigenvalue weighted by atomic mass is 28.3. The third-order valence-electron chi connectivity index (χ3n) is 4.71. The molecule has 0 aliphatic rings. The van der Waals surface area contributed by atoms with Gasteiger partial charge in [0, 0.05) is 7.05 Å². The van der Waals surface area contributed by atoms with E-state index in [0.717, 1.165) is 0 Å². The van der Waals surface area contributed by atoms with Crippen LogP contribution >= 0.6 is 0 Å². The first-order valence-corrected chi connectivity index (χ1v) is 10.9. The van der Waals surface area contributed by atoms with E-state index in [1.807, 2.05) is 24.3 Å². The highest BCUT2D eigenvalue weighted by molar-refractivity contribution is 6.96. The fourth-order valence-corrected chi connectivity index (χ4v) is 4.18. The first-order chi connectivity index (χ1) is 10.6. The molecule has 0 saturated heterocycles. The van der Waals surface area contributed by atoms with E-state index in [9.17, 15) is 4.79 Å². The van der Waals surface area contributed by atoms with Crippen molar-refractivity contribution in [3.05, 3.63) is 47.7 Å². The van der Waals surface area contributed by atoms with Gasteiger partial charge in [-0.25, -0.2) is 5.06 Å². The molecule has 0 saturated carbocycles. The summed E-state index contributed by atoms with van der Waals surface area (Å²) in [5.41, 5.74) is 4.64. The van der Waals surface area contributed by atoms with Gasteiger partial charge < -0.3 is 0 Å². The zero-order valence-electron chi connectivity index (χ0n) is 15.4. The lowest BCUT2D eigenvalue weighted by Crippen LogP contribution is -2.38. The molecule has 1 aromatic carbocycles. The average molecular weight is 332 g/mol. The Kier molecular flexibility index (Phi) is 6.57. The molecule has 0 aliphatic carbocycles. The van der Waals surface area contributed by atoms with Crippen molar-refractivity contribution in [3.63, 3.8) is 0 Å². The molecule has 0 heterocycles. The molecule has 126 valence electrons. The maximum atomic E-state index is 11.9. The number of nitrogens with zero attached hydrogens (tertiary/aromatic N) is 1. The molecular weight excluding hydrogens is 302 g/mol. The van der Waals surface area contributed by atoms with E-state index in [4.69, 9.17) is 4.84 Å². The van der Waals surface area contributed by atoms with Crippen LogP contribution in [0.5, 0.6) is 0 Å². The summed E-state index contributed by atoms with van der Waals surface area (Å²) in [5.74, 6) is -0.0809.